The number of amides is 2. The number of carboxylic acid groups (broad SMARTS) is 1. The van der Waals surface area contributed by atoms with Gasteiger partial charge in [0.25, 0.3) is 0 Å². The number of alkyl carbamates (subject to hydrolysis) is 2. The van der Waals surface area contributed by atoms with Crippen molar-refractivity contribution in [2.75, 3.05) is 13.2 Å². The van der Waals surface area contributed by atoms with Crippen LogP contribution >= 0.6 is 0 Å². The molecule has 6 N–H and O–H groups in total. The predicted molar refractivity (Wildman–Crippen MR) is 187 cm³/mol. The van der Waals surface area contributed by atoms with Crippen molar-refractivity contribution in [3.63, 3.8) is 0 Å². The summed E-state index contributed by atoms with van der Waals surface area (Å²) in [5.74, 6) is -1.90. The van der Waals surface area contributed by atoms with E-state index in [0.29, 0.717) is 18.4 Å². The van der Waals surface area contributed by atoms with E-state index in [1.807, 2.05) is 13.8 Å². The molecular formula is C35H64ClN3O13. The topological polar surface area (TPSA) is 245 Å². The quantitative estimate of drug-likeness (QED) is 0.117. The van der Waals surface area contributed by atoms with Crippen LogP contribution in [0.4, 0.5) is 9.59 Å². The third-order valence-electron chi connectivity index (χ3n) is 5.69. The van der Waals surface area contributed by atoms with Gasteiger partial charge in [-0.25, -0.2) is 24.0 Å². The van der Waals surface area contributed by atoms with Crippen LogP contribution in [0.5, 0.6) is 0 Å². The Morgan fingerprint density at radius 2 is 0.923 bits per heavy atom. The summed E-state index contributed by atoms with van der Waals surface area (Å²) in [5, 5.41) is 13.3. The second-order valence-electron chi connectivity index (χ2n) is 14.9. The number of nitrogens with one attached hydrogen (secondary N) is 2. The smallest absolute Gasteiger partial charge is 0.408 e. The lowest BCUT2D eigenvalue weighted by Gasteiger charge is -2.22. The molecule has 0 radical (unpaired) electrons. The molecule has 16 nitrogen and oxygen atoms in total. The van der Waals surface area contributed by atoms with Gasteiger partial charge in [-0.15, -0.1) is 0 Å². The molecule has 2 amide bonds. The van der Waals surface area contributed by atoms with Crippen molar-refractivity contribution in [3.05, 3.63) is 0 Å². The Morgan fingerprint density at radius 3 is 1.23 bits per heavy atom. The molecule has 0 aromatic rings. The first-order valence-corrected chi connectivity index (χ1v) is 16.9. The standard InChI is InChI=1S/C15H27NO5.C10H17NO5.C10H19NO3.ClH/c1-10(2)7-8-20-13(18)12(9-11(3)17)16-14(19)21-15(4,5)6;1-6(12)5-7(8(13)14)11-9(15)16-10(2,3)4;1-7(2)4-5-14-10(13)9(11)6-8(3)12;/h10,12H,7-9H2,1-6H3,(H,16,19);7H,5H2,1-4H3,(H,11,15)(H,13,14);7,9H,4-6,11H2,1-3H3;1H/t12-;7-;9-;/m000./s1. The van der Waals surface area contributed by atoms with E-state index in [2.05, 4.69) is 30.2 Å². The third-order valence-corrected chi connectivity index (χ3v) is 5.69. The van der Waals surface area contributed by atoms with Crippen molar-refractivity contribution in [1.82, 2.24) is 10.6 Å². The Balaban J connectivity index is -0.000000337. The van der Waals surface area contributed by atoms with Crippen LogP contribution in [0.1, 0.15) is 122 Å². The molecular weight excluding hydrogens is 706 g/mol. The first kappa shape index (κ1) is 55.0. The lowest BCUT2D eigenvalue weighted by atomic mass is 10.1. The van der Waals surface area contributed by atoms with Crippen LogP contribution in [0, 0.1) is 11.8 Å². The van der Waals surface area contributed by atoms with Crippen LogP contribution in [0.15, 0.2) is 0 Å². The Bertz CT molecular complexity index is 1150. The summed E-state index contributed by atoms with van der Waals surface area (Å²) in [6.45, 7) is 23.0. The maximum Gasteiger partial charge on any atom is 0.408 e. The second-order valence-corrected chi connectivity index (χ2v) is 14.9. The summed E-state index contributed by atoms with van der Waals surface area (Å²) >= 11 is 0. The fourth-order valence-electron chi connectivity index (χ4n) is 3.31. The zero-order valence-electron chi connectivity index (χ0n) is 33.3. The van der Waals surface area contributed by atoms with Gasteiger partial charge < -0.3 is 52.8 Å². The van der Waals surface area contributed by atoms with Gasteiger partial charge in [0.15, 0.2) is 6.04 Å². The SMILES string of the molecule is CC(=O)C[C@H](NC(=O)OC(C)(C)C)C(=O)O.CC(=O)C[C@H](NC(=O)OC(C)(C)C)C(=O)OCCC(C)C.CC(=O)C[C@H]([NH3+])C(=O)OCCC(C)C.[Cl-]. The van der Waals surface area contributed by atoms with Crippen LogP contribution in [-0.2, 0) is 47.7 Å². The van der Waals surface area contributed by atoms with Gasteiger partial charge in [-0.1, -0.05) is 27.7 Å². The summed E-state index contributed by atoms with van der Waals surface area (Å²) in [6, 6.07) is -2.81. The highest BCUT2D eigenvalue weighted by molar-refractivity contribution is 5.88. The predicted octanol–water partition coefficient (Wildman–Crippen LogP) is 0.561. The molecule has 0 aliphatic carbocycles. The van der Waals surface area contributed by atoms with Gasteiger partial charge in [0.05, 0.1) is 19.6 Å². The van der Waals surface area contributed by atoms with Crippen molar-refractivity contribution in [2.45, 2.75) is 151 Å². The van der Waals surface area contributed by atoms with Crippen molar-refractivity contribution < 1.29 is 80.6 Å². The number of ether oxygens (including phenoxy) is 4. The fraction of sp³-hybridized carbons (Fsp3) is 0.771. The summed E-state index contributed by atoms with van der Waals surface area (Å²) in [6.07, 6.45) is -0.214. The van der Waals surface area contributed by atoms with E-state index in [4.69, 9.17) is 24.1 Å². The van der Waals surface area contributed by atoms with Gasteiger partial charge in [0.2, 0.25) is 0 Å². The first-order chi connectivity index (χ1) is 23.1. The lowest BCUT2D eigenvalue weighted by Crippen LogP contribution is -3.00. The second kappa shape index (κ2) is 27.8. The number of hydrogen-bond acceptors (Lipinski definition) is 12. The Morgan fingerprint density at radius 1 is 0.596 bits per heavy atom. The highest BCUT2D eigenvalue weighted by Crippen LogP contribution is 2.09. The van der Waals surface area contributed by atoms with Gasteiger partial charge in [0.1, 0.15) is 40.6 Å². The number of Topliss-reactive ketones (excluding diaryl/α,β-unsaturated/α-hetero) is 3. The molecule has 17 heteroatoms. The van der Waals surface area contributed by atoms with Gasteiger partial charge in [0, 0.05) is 12.8 Å². The van der Waals surface area contributed by atoms with Gasteiger partial charge in [-0.05, 0) is 87.0 Å². The maximum atomic E-state index is 11.9. The number of esters is 2. The zero-order chi connectivity index (χ0) is 40.7. The van der Waals surface area contributed by atoms with Crippen LogP contribution in [0.2, 0.25) is 0 Å². The number of quaternary nitrogens is 1. The van der Waals surface area contributed by atoms with E-state index in [-0.39, 0.29) is 61.6 Å². The van der Waals surface area contributed by atoms with Crippen LogP contribution in [-0.4, -0.2) is 95.1 Å². The average molecular weight is 770 g/mol. The van der Waals surface area contributed by atoms with E-state index in [1.54, 1.807) is 41.5 Å². The molecule has 0 rings (SSSR count). The number of carbonyl (C=O) groups is 8. The monoisotopic (exact) mass is 769 g/mol. The Hall–Kier alpha value is -3.79. The third kappa shape index (κ3) is 37.5. The van der Waals surface area contributed by atoms with E-state index in [1.165, 1.54) is 20.8 Å². The molecule has 0 fully saturated rings. The summed E-state index contributed by atoms with van der Waals surface area (Å²) in [4.78, 5) is 89.5. The van der Waals surface area contributed by atoms with Crippen LogP contribution in [0.3, 0.4) is 0 Å². The first-order valence-electron chi connectivity index (χ1n) is 16.9. The minimum Gasteiger partial charge on any atom is -1.00 e. The van der Waals surface area contributed by atoms with E-state index in [0.717, 1.165) is 12.8 Å². The molecule has 0 saturated carbocycles. The molecule has 304 valence electrons. The summed E-state index contributed by atoms with van der Waals surface area (Å²) in [7, 11) is 0. The zero-order valence-corrected chi connectivity index (χ0v) is 34.0. The van der Waals surface area contributed by atoms with Crippen molar-refractivity contribution >= 4 is 47.4 Å². The van der Waals surface area contributed by atoms with Crippen molar-refractivity contribution in [2.24, 2.45) is 11.8 Å². The van der Waals surface area contributed by atoms with Gasteiger partial charge >= 0.3 is 30.1 Å². The molecule has 3 atom stereocenters. The van der Waals surface area contributed by atoms with Crippen molar-refractivity contribution in [3.8, 4) is 0 Å². The average Bonchev–Trinajstić information content (AvgIpc) is 2.89. The van der Waals surface area contributed by atoms with E-state index in [9.17, 15) is 38.4 Å². The van der Waals surface area contributed by atoms with E-state index >= 15 is 0 Å². The van der Waals surface area contributed by atoms with Crippen molar-refractivity contribution in [1.29, 1.82) is 0 Å². The normalized spacial score (nSPS) is 12.5. The number of ketones is 3. The maximum absolute atomic E-state index is 11.9. The van der Waals surface area contributed by atoms with Crippen LogP contribution < -0.4 is 28.8 Å². The van der Waals surface area contributed by atoms with Gasteiger partial charge in [-0.3, -0.25) is 14.4 Å². The molecule has 52 heavy (non-hydrogen) atoms. The molecule has 0 heterocycles. The largest absolute Gasteiger partial charge is 1.00 e. The molecule has 0 aromatic heterocycles. The molecule has 0 saturated heterocycles. The van der Waals surface area contributed by atoms with E-state index < -0.39 is 53.5 Å². The lowest BCUT2D eigenvalue weighted by molar-refractivity contribution is -0.407. The summed E-state index contributed by atoms with van der Waals surface area (Å²) in [5.41, 5.74) is 2.20. The molecule has 0 unspecified atom stereocenters. The molecule has 0 spiro atoms. The minimum atomic E-state index is -1.26. The number of aliphatic carboxylic acids is 1. The number of carboxylic acids is 1. The van der Waals surface area contributed by atoms with Gasteiger partial charge in [-0.2, -0.15) is 0 Å². The molecule has 0 aromatic carbocycles. The molecule has 0 aliphatic rings. The number of hydrogen-bond donors (Lipinski definition) is 4. The fourth-order valence-corrected chi connectivity index (χ4v) is 3.31. The molecule has 0 aliphatic heterocycles. The minimum absolute atomic E-state index is 0. The number of rotatable bonds is 17. The Kier molecular flexibility index (Phi) is 29.4. The molecule has 0 bridgehead atoms. The number of carbonyl (C=O) groups excluding carboxylic acids is 7. The number of halogens is 1. The highest BCUT2D eigenvalue weighted by Gasteiger charge is 2.27. The highest BCUT2D eigenvalue weighted by atomic mass is 35.5. The Labute approximate surface area is 314 Å². The summed E-state index contributed by atoms with van der Waals surface area (Å²) < 4.78 is 20.0. The van der Waals surface area contributed by atoms with Crippen LogP contribution in [0.25, 0.3) is 0 Å².